The van der Waals surface area contributed by atoms with Gasteiger partial charge < -0.3 is 10.2 Å². The number of benzene rings is 3. The Bertz CT molecular complexity index is 1520. The molecule has 0 fully saturated rings. The third-order valence-corrected chi connectivity index (χ3v) is 9.41. The standard InChI is InChI=1S/C31H35Cl4N3O4S/c1-4-21(2)36-31(40)29(18-22-9-6-5-7-10-22)37(20-23-12-14-25(33)27(35)17-23)30(39)11-8-16-38(43(3,41)42)28-19-24(32)13-15-26(28)34/h5-7,9-10,12-15,17,19,21,29H,4,8,11,16,18,20H2,1-3H3,(H,36,40)/t21-,29-/m1/s1. The second kappa shape index (κ2) is 16.0. The maximum absolute atomic E-state index is 14.0. The van der Waals surface area contributed by atoms with Crippen LogP contribution in [0.15, 0.2) is 66.7 Å². The van der Waals surface area contributed by atoms with Crippen LogP contribution in [-0.2, 0) is 32.6 Å². The van der Waals surface area contributed by atoms with Crippen molar-refractivity contribution in [2.45, 2.75) is 58.2 Å². The van der Waals surface area contributed by atoms with Gasteiger partial charge in [0.15, 0.2) is 0 Å². The zero-order valence-electron chi connectivity index (χ0n) is 24.2. The Morgan fingerprint density at radius 1 is 0.884 bits per heavy atom. The van der Waals surface area contributed by atoms with Gasteiger partial charge in [0.1, 0.15) is 6.04 Å². The number of amides is 2. The summed E-state index contributed by atoms with van der Waals surface area (Å²) in [7, 11) is -3.75. The number of rotatable bonds is 14. The average Bonchev–Trinajstić information content (AvgIpc) is 2.96. The summed E-state index contributed by atoms with van der Waals surface area (Å²) in [5.41, 5.74) is 1.81. The van der Waals surface area contributed by atoms with Gasteiger partial charge in [-0.15, -0.1) is 0 Å². The Morgan fingerprint density at radius 2 is 1.56 bits per heavy atom. The van der Waals surface area contributed by atoms with E-state index in [0.29, 0.717) is 20.6 Å². The van der Waals surface area contributed by atoms with Crippen LogP contribution in [0.25, 0.3) is 0 Å². The van der Waals surface area contributed by atoms with E-state index < -0.39 is 16.1 Å². The van der Waals surface area contributed by atoms with Crippen molar-refractivity contribution in [2.75, 3.05) is 17.1 Å². The Hall–Kier alpha value is -2.49. The van der Waals surface area contributed by atoms with Crippen LogP contribution in [0.5, 0.6) is 0 Å². The molecule has 3 aromatic carbocycles. The Kier molecular flexibility index (Phi) is 13.0. The van der Waals surface area contributed by atoms with Crippen molar-refractivity contribution < 1.29 is 18.0 Å². The molecular formula is C31H35Cl4N3O4S. The van der Waals surface area contributed by atoms with Gasteiger partial charge in [-0.2, -0.15) is 0 Å². The maximum atomic E-state index is 14.0. The first kappa shape index (κ1) is 35.0. The topological polar surface area (TPSA) is 86.8 Å². The monoisotopic (exact) mass is 685 g/mol. The van der Waals surface area contributed by atoms with Crippen LogP contribution in [0.3, 0.4) is 0 Å². The second-order valence-corrected chi connectivity index (χ2v) is 13.9. The van der Waals surface area contributed by atoms with Gasteiger partial charge in [0.2, 0.25) is 21.8 Å². The molecule has 43 heavy (non-hydrogen) atoms. The zero-order valence-corrected chi connectivity index (χ0v) is 28.0. The van der Waals surface area contributed by atoms with Gasteiger partial charge in [0.05, 0.1) is 27.0 Å². The van der Waals surface area contributed by atoms with E-state index in [9.17, 15) is 18.0 Å². The summed E-state index contributed by atoms with van der Waals surface area (Å²) in [6.07, 6.45) is 2.20. The van der Waals surface area contributed by atoms with Crippen LogP contribution < -0.4 is 9.62 Å². The molecule has 12 heteroatoms. The van der Waals surface area contributed by atoms with Crippen molar-refractivity contribution in [3.05, 3.63) is 97.9 Å². The molecule has 232 valence electrons. The molecule has 0 aliphatic carbocycles. The van der Waals surface area contributed by atoms with Crippen molar-refractivity contribution in [1.29, 1.82) is 0 Å². The number of carbonyl (C=O) groups is 2. The van der Waals surface area contributed by atoms with E-state index in [1.165, 1.54) is 17.0 Å². The maximum Gasteiger partial charge on any atom is 0.243 e. The molecule has 2 amide bonds. The van der Waals surface area contributed by atoms with Gasteiger partial charge in [-0.25, -0.2) is 8.42 Å². The lowest BCUT2D eigenvalue weighted by Crippen LogP contribution is -2.52. The smallest absolute Gasteiger partial charge is 0.243 e. The predicted molar refractivity (Wildman–Crippen MR) is 177 cm³/mol. The van der Waals surface area contributed by atoms with Gasteiger partial charge in [0, 0.05) is 37.0 Å². The minimum absolute atomic E-state index is 0.0202. The molecule has 0 spiro atoms. The van der Waals surface area contributed by atoms with E-state index in [1.807, 2.05) is 44.2 Å². The van der Waals surface area contributed by atoms with E-state index in [4.69, 9.17) is 46.4 Å². The number of hydrogen-bond acceptors (Lipinski definition) is 4. The van der Waals surface area contributed by atoms with E-state index in [-0.39, 0.29) is 60.9 Å². The minimum atomic E-state index is -3.75. The first-order chi connectivity index (χ1) is 20.3. The first-order valence-corrected chi connectivity index (χ1v) is 17.2. The molecule has 2 atom stereocenters. The van der Waals surface area contributed by atoms with Gasteiger partial charge in [0.25, 0.3) is 0 Å². The summed E-state index contributed by atoms with van der Waals surface area (Å²) in [4.78, 5) is 29.2. The van der Waals surface area contributed by atoms with Gasteiger partial charge in [-0.1, -0.05) is 89.7 Å². The summed E-state index contributed by atoms with van der Waals surface area (Å²) < 4.78 is 26.5. The normalized spacial score (nSPS) is 12.8. The second-order valence-electron chi connectivity index (χ2n) is 10.3. The largest absolute Gasteiger partial charge is 0.352 e. The lowest BCUT2D eigenvalue weighted by atomic mass is 10.0. The SMILES string of the molecule is CC[C@@H](C)NC(=O)[C@@H](Cc1ccccc1)N(Cc1ccc(Cl)c(Cl)c1)C(=O)CCCN(c1cc(Cl)ccc1Cl)S(C)(=O)=O. The molecule has 1 N–H and O–H groups in total. The molecule has 3 aromatic rings. The fraction of sp³-hybridized carbons (Fsp3) is 0.355. The number of hydrogen-bond donors (Lipinski definition) is 1. The van der Waals surface area contributed by atoms with E-state index in [1.54, 1.807) is 24.3 Å². The molecule has 3 rings (SSSR count). The van der Waals surface area contributed by atoms with Crippen LogP contribution in [0.2, 0.25) is 20.1 Å². The van der Waals surface area contributed by atoms with E-state index in [2.05, 4.69) is 5.32 Å². The molecule has 0 radical (unpaired) electrons. The quantitative estimate of drug-likeness (QED) is 0.192. The number of nitrogens with one attached hydrogen (secondary N) is 1. The summed E-state index contributed by atoms with van der Waals surface area (Å²) in [5, 5.41) is 4.27. The molecular weight excluding hydrogens is 652 g/mol. The van der Waals surface area contributed by atoms with E-state index >= 15 is 0 Å². The van der Waals surface area contributed by atoms with Gasteiger partial charge in [-0.05, 0) is 61.2 Å². The highest BCUT2D eigenvalue weighted by Crippen LogP contribution is 2.31. The number of anilines is 1. The molecule has 0 heterocycles. The third-order valence-electron chi connectivity index (χ3n) is 6.94. The molecule has 0 aliphatic rings. The molecule has 7 nitrogen and oxygen atoms in total. The zero-order chi connectivity index (χ0) is 31.7. The van der Waals surface area contributed by atoms with Crippen molar-refractivity contribution in [2.24, 2.45) is 0 Å². The molecule has 0 bridgehead atoms. The number of halogens is 4. The van der Waals surface area contributed by atoms with E-state index in [0.717, 1.165) is 22.5 Å². The highest BCUT2D eigenvalue weighted by Gasteiger charge is 2.31. The Morgan fingerprint density at radius 3 is 2.19 bits per heavy atom. The highest BCUT2D eigenvalue weighted by atomic mass is 35.5. The van der Waals surface area contributed by atoms with Crippen molar-refractivity contribution in [1.82, 2.24) is 10.2 Å². The molecule has 0 saturated heterocycles. The number of sulfonamides is 1. The van der Waals surface area contributed by atoms with Crippen LogP contribution in [0.4, 0.5) is 5.69 Å². The van der Waals surface area contributed by atoms with Gasteiger partial charge >= 0.3 is 0 Å². The average molecular weight is 688 g/mol. The lowest BCUT2D eigenvalue weighted by molar-refractivity contribution is -0.141. The molecule has 0 aromatic heterocycles. The Balaban J connectivity index is 1.93. The number of carbonyl (C=O) groups excluding carboxylic acids is 2. The third kappa shape index (κ3) is 10.3. The highest BCUT2D eigenvalue weighted by molar-refractivity contribution is 7.92. The summed E-state index contributed by atoms with van der Waals surface area (Å²) >= 11 is 24.8. The fourth-order valence-electron chi connectivity index (χ4n) is 4.49. The summed E-state index contributed by atoms with van der Waals surface area (Å²) in [6, 6.07) is 18.1. The molecule has 0 unspecified atom stereocenters. The minimum Gasteiger partial charge on any atom is -0.352 e. The van der Waals surface area contributed by atoms with Crippen LogP contribution in [0.1, 0.15) is 44.2 Å². The van der Waals surface area contributed by atoms with Crippen LogP contribution in [-0.4, -0.2) is 50.0 Å². The summed E-state index contributed by atoms with van der Waals surface area (Å²) in [6.45, 7) is 3.95. The van der Waals surface area contributed by atoms with Crippen LogP contribution in [0, 0.1) is 0 Å². The first-order valence-electron chi connectivity index (χ1n) is 13.8. The predicted octanol–water partition coefficient (Wildman–Crippen LogP) is 7.40. The fourth-order valence-corrected chi connectivity index (χ4v) is 6.21. The van der Waals surface area contributed by atoms with Crippen molar-refractivity contribution in [3.63, 3.8) is 0 Å². The lowest BCUT2D eigenvalue weighted by Gasteiger charge is -2.33. The van der Waals surface area contributed by atoms with Crippen LogP contribution >= 0.6 is 46.4 Å². The number of nitrogens with zero attached hydrogens (tertiary/aromatic N) is 2. The molecule has 0 saturated carbocycles. The summed E-state index contributed by atoms with van der Waals surface area (Å²) in [5.74, 6) is -0.605. The Labute approximate surface area is 274 Å². The van der Waals surface area contributed by atoms with Crippen molar-refractivity contribution >= 4 is 73.9 Å². The van der Waals surface area contributed by atoms with Crippen molar-refractivity contribution in [3.8, 4) is 0 Å². The van der Waals surface area contributed by atoms with Gasteiger partial charge in [-0.3, -0.25) is 13.9 Å². The molecule has 0 aliphatic heterocycles.